The number of anilines is 1. The average Bonchev–Trinajstić information content (AvgIpc) is 2.89. The molecule has 2 aromatic heterocycles. The van der Waals surface area contributed by atoms with Gasteiger partial charge in [-0.05, 0) is 24.6 Å². The van der Waals surface area contributed by atoms with Gasteiger partial charge in [0.15, 0.2) is 5.13 Å². The number of rotatable bonds is 3. The van der Waals surface area contributed by atoms with Crippen molar-refractivity contribution in [1.29, 1.82) is 0 Å². The molecule has 0 aliphatic rings. The maximum Gasteiger partial charge on any atom is 0.185 e. The van der Waals surface area contributed by atoms with E-state index in [0.29, 0.717) is 5.02 Å². The van der Waals surface area contributed by atoms with Crippen LogP contribution in [-0.4, -0.2) is 29.0 Å². The molecule has 0 amide bonds. The van der Waals surface area contributed by atoms with Crippen LogP contribution in [-0.2, 0) is 0 Å². The van der Waals surface area contributed by atoms with Gasteiger partial charge >= 0.3 is 0 Å². The lowest BCUT2D eigenvalue weighted by atomic mass is 10.0. The van der Waals surface area contributed by atoms with Crippen molar-refractivity contribution in [3.05, 3.63) is 47.5 Å². The number of aromatic nitrogens is 3. The van der Waals surface area contributed by atoms with E-state index in [1.165, 1.54) is 0 Å². The molecule has 0 N–H and O–H groups in total. The van der Waals surface area contributed by atoms with Crippen LogP contribution in [0.2, 0.25) is 5.02 Å². The number of benzene rings is 1. The highest BCUT2D eigenvalue weighted by Crippen LogP contribution is 2.38. The lowest BCUT2D eigenvalue weighted by Gasteiger charge is -2.08. The first-order chi connectivity index (χ1) is 10.6. The summed E-state index contributed by atoms with van der Waals surface area (Å²) in [5.41, 5.74) is 3.82. The summed E-state index contributed by atoms with van der Waals surface area (Å²) in [6.45, 7) is 2.00. The van der Waals surface area contributed by atoms with Gasteiger partial charge in [0.05, 0.1) is 16.3 Å². The van der Waals surface area contributed by atoms with Crippen molar-refractivity contribution in [3.63, 3.8) is 0 Å². The summed E-state index contributed by atoms with van der Waals surface area (Å²) in [5, 5.41) is 1.66. The van der Waals surface area contributed by atoms with Gasteiger partial charge in [0.25, 0.3) is 0 Å². The van der Waals surface area contributed by atoms with E-state index < -0.39 is 0 Å². The SMILES string of the molecule is Cc1nc(N(C)C)sc1-c1ncncc1-c1cccc(Cl)c1. The Morgan fingerprint density at radius 2 is 2.05 bits per heavy atom. The molecular weight excluding hydrogens is 316 g/mol. The molecule has 0 aliphatic heterocycles. The first kappa shape index (κ1) is 14.9. The fraction of sp³-hybridized carbons (Fsp3) is 0.188. The van der Waals surface area contributed by atoms with Gasteiger partial charge in [-0.15, -0.1) is 0 Å². The number of aryl methyl sites for hydroxylation is 1. The fourth-order valence-corrected chi connectivity index (χ4v) is 3.36. The van der Waals surface area contributed by atoms with E-state index in [1.54, 1.807) is 17.7 Å². The molecule has 6 heteroatoms. The largest absolute Gasteiger partial charge is 0.354 e. The maximum atomic E-state index is 6.11. The third-order valence-electron chi connectivity index (χ3n) is 3.23. The van der Waals surface area contributed by atoms with Gasteiger partial charge in [-0.1, -0.05) is 35.1 Å². The van der Waals surface area contributed by atoms with E-state index in [-0.39, 0.29) is 0 Å². The molecule has 4 nitrogen and oxygen atoms in total. The highest BCUT2D eigenvalue weighted by molar-refractivity contribution is 7.19. The third-order valence-corrected chi connectivity index (χ3v) is 4.80. The van der Waals surface area contributed by atoms with Crippen LogP contribution in [0.5, 0.6) is 0 Å². The Labute approximate surface area is 138 Å². The molecule has 0 radical (unpaired) electrons. The minimum absolute atomic E-state index is 0.697. The minimum atomic E-state index is 0.697. The third kappa shape index (κ3) is 2.82. The topological polar surface area (TPSA) is 41.9 Å². The Bertz CT molecular complexity index is 813. The predicted molar refractivity (Wildman–Crippen MR) is 92.7 cm³/mol. The molecule has 2 heterocycles. The Balaban J connectivity index is 2.17. The second-order valence-electron chi connectivity index (χ2n) is 5.10. The molecule has 0 fully saturated rings. The molecule has 0 saturated heterocycles. The van der Waals surface area contributed by atoms with Crippen molar-refractivity contribution in [1.82, 2.24) is 15.0 Å². The van der Waals surface area contributed by atoms with E-state index >= 15 is 0 Å². The molecular formula is C16H15ClN4S. The summed E-state index contributed by atoms with van der Waals surface area (Å²) in [6.07, 6.45) is 3.39. The van der Waals surface area contributed by atoms with Crippen LogP contribution in [0.25, 0.3) is 21.7 Å². The summed E-state index contributed by atoms with van der Waals surface area (Å²) >= 11 is 7.74. The zero-order chi connectivity index (χ0) is 15.7. The summed E-state index contributed by atoms with van der Waals surface area (Å²) in [6, 6.07) is 7.72. The molecule has 3 rings (SSSR count). The normalized spacial score (nSPS) is 10.7. The molecule has 112 valence electrons. The predicted octanol–water partition coefficient (Wildman–Crippen LogP) is 4.29. The summed E-state index contributed by atoms with van der Waals surface area (Å²) in [5.74, 6) is 0. The summed E-state index contributed by atoms with van der Waals surface area (Å²) in [4.78, 5) is 16.3. The van der Waals surface area contributed by atoms with Crippen molar-refractivity contribution < 1.29 is 0 Å². The summed E-state index contributed by atoms with van der Waals surface area (Å²) < 4.78 is 0. The van der Waals surface area contributed by atoms with Crippen molar-refractivity contribution in [2.45, 2.75) is 6.92 Å². The maximum absolute atomic E-state index is 6.11. The molecule has 1 aromatic carbocycles. The Morgan fingerprint density at radius 3 is 2.73 bits per heavy atom. The molecule has 0 aliphatic carbocycles. The Hall–Kier alpha value is -1.98. The standard InChI is InChI=1S/C16H15ClN4S/c1-10-15(22-16(20-10)21(2)3)14-13(8-18-9-19-14)11-5-4-6-12(17)7-11/h4-9H,1-3H3. The average molecular weight is 331 g/mol. The van der Waals surface area contributed by atoms with Gasteiger partial charge in [-0.25, -0.2) is 15.0 Å². The number of hydrogen-bond acceptors (Lipinski definition) is 5. The second-order valence-corrected chi connectivity index (χ2v) is 6.51. The summed E-state index contributed by atoms with van der Waals surface area (Å²) in [7, 11) is 3.97. The van der Waals surface area contributed by atoms with E-state index in [1.807, 2.05) is 56.4 Å². The second kappa shape index (κ2) is 6.02. The van der Waals surface area contributed by atoms with Gasteiger partial charge in [-0.2, -0.15) is 0 Å². The number of halogens is 1. The van der Waals surface area contributed by atoms with Gasteiger partial charge in [0.1, 0.15) is 6.33 Å². The van der Waals surface area contributed by atoms with Crippen LogP contribution < -0.4 is 4.90 Å². The Kier molecular flexibility index (Phi) is 4.09. The Morgan fingerprint density at radius 1 is 1.23 bits per heavy atom. The van der Waals surface area contributed by atoms with Crippen LogP contribution in [0.15, 0.2) is 36.8 Å². The fourth-order valence-electron chi connectivity index (χ4n) is 2.17. The van der Waals surface area contributed by atoms with E-state index in [9.17, 15) is 0 Å². The smallest absolute Gasteiger partial charge is 0.185 e. The number of thiazole rings is 1. The van der Waals surface area contributed by atoms with Gasteiger partial charge in [0.2, 0.25) is 0 Å². The van der Waals surface area contributed by atoms with E-state index in [0.717, 1.165) is 32.5 Å². The quantitative estimate of drug-likeness (QED) is 0.718. The minimum Gasteiger partial charge on any atom is -0.354 e. The highest BCUT2D eigenvalue weighted by Gasteiger charge is 2.16. The van der Waals surface area contributed by atoms with Crippen molar-refractivity contribution in [2.24, 2.45) is 0 Å². The van der Waals surface area contributed by atoms with Crippen molar-refractivity contribution >= 4 is 28.1 Å². The molecule has 0 atom stereocenters. The lowest BCUT2D eigenvalue weighted by molar-refractivity contribution is 1.09. The zero-order valence-corrected chi connectivity index (χ0v) is 14.1. The molecule has 22 heavy (non-hydrogen) atoms. The van der Waals surface area contributed by atoms with Crippen molar-refractivity contribution in [2.75, 3.05) is 19.0 Å². The van der Waals surface area contributed by atoms with Crippen LogP contribution in [0.1, 0.15) is 5.69 Å². The number of hydrogen-bond donors (Lipinski definition) is 0. The molecule has 0 unspecified atom stereocenters. The molecule has 0 saturated carbocycles. The first-order valence-corrected chi connectivity index (χ1v) is 7.97. The van der Waals surface area contributed by atoms with Crippen LogP contribution in [0.3, 0.4) is 0 Å². The molecule has 3 aromatic rings. The van der Waals surface area contributed by atoms with Crippen molar-refractivity contribution in [3.8, 4) is 21.7 Å². The molecule has 0 bridgehead atoms. The molecule has 0 spiro atoms. The first-order valence-electron chi connectivity index (χ1n) is 6.77. The number of nitrogens with zero attached hydrogens (tertiary/aromatic N) is 4. The zero-order valence-electron chi connectivity index (χ0n) is 12.5. The highest BCUT2D eigenvalue weighted by atomic mass is 35.5. The van der Waals surface area contributed by atoms with E-state index in [2.05, 4.69) is 15.0 Å². The van der Waals surface area contributed by atoms with E-state index in [4.69, 9.17) is 11.6 Å². The van der Waals surface area contributed by atoms with Crippen LogP contribution in [0.4, 0.5) is 5.13 Å². The van der Waals surface area contributed by atoms with Crippen LogP contribution >= 0.6 is 22.9 Å². The van der Waals surface area contributed by atoms with Gasteiger partial charge in [0, 0.05) is 30.9 Å². The monoisotopic (exact) mass is 330 g/mol. The van der Waals surface area contributed by atoms with Gasteiger partial charge < -0.3 is 4.90 Å². The van der Waals surface area contributed by atoms with Gasteiger partial charge in [-0.3, -0.25) is 0 Å². The lowest BCUT2D eigenvalue weighted by Crippen LogP contribution is -2.07. The van der Waals surface area contributed by atoms with Crippen LogP contribution in [0, 0.1) is 6.92 Å².